The van der Waals surface area contributed by atoms with Crippen molar-refractivity contribution in [3.8, 4) is 0 Å². The molecular formula is C16H27NO. The highest BCUT2D eigenvalue weighted by Crippen LogP contribution is 2.02. The Hall–Kier alpha value is -0.860. The van der Waals surface area contributed by atoms with Crippen molar-refractivity contribution < 1.29 is 4.74 Å². The van der Waals surface area contributed by atoms with Crippen molar-refractivity contribution in [3.63, 3.8) is 0 Å². The first-order chi connectivity index (χ1) is 8.70. The molecule has 1 aromatic carbocycles. The van der Waals surface area contributed by atoms with Crippen LogP contribution in [-0.4, -0.2) is 25.8 Å². The fourth-order valence-corrected chi connectivity index (χ4v) is 1.72. The monoisotopic (exact) mass is 249 g/mol. The molecule has 0 heterocycles. The first-order valence-electron chi connectivity index (χ1n) is 7.05. The van der Waals surface area contributed by atoms with Crippen molar-refractivity contribution in [2.75, 3.05) is 19.8 Å². The van der Waals surface area contributed by atoms with Gasteiger partial charge in [-0.05, 0) is 31.2 Å². The van der Waals surface area contributed by atoms with Gasteiger partial charge < -0.3 is 10.1 Å². The van der Waals surface area contributed by atoms with Crippen molar-refractivity contribution >= 4 is 0 Å². The van der Waals surface area contributed by atoms with E-state index >= 15 is 0 Å². The molecule has 0 saturated heterocycles. The van der Waals surface area contributed by atoms with Crippen molar-refractivity contribution in [3.05, 3.63) is 35.9 Å². The van der Waals surface area contributed by atoms with Gasteiger partial charge in [0.1, 0.15) is 0 Å². The zero-order valence-corrected chi connectivity index (χ0v) is 12.0. The third kappa shape index (κ3) is 6.77. The van der Waals surface area contributed by atoms with Crippen LogP contribution in [0.2, 0.25) is 0 Å². The van der Waals surface area contributed by atoms with Crippen LogP contribution in [-0.2, 0) is 11.2 Å². The smallest absolute Gasteiger partial charge is 0.0591 e. The Labute approximate surface area is 112 Å². The molecular weight excluding hydrogens is 222 g/mol. The SMILES string of the molecule is CC(C)C(C)NCCOCCCc1ccccc1. The van der Waals surface area contributed by atoms with E-state index in [1.165, 1.54) is 5.56 Å². The van der Waals surface area contributed by atoms with E-state index in [0.29, 0.717) is 12.0 Å². The molecule has 0 radical (unpaired) electrons. The Kier molecular flexibility index (Phi) is 7.70. The molecule has 0 aliphatic heterocycles. The first kappa shape index (κ1) is 15.2. The number of nitrogens with one attached hydrogen (secondary N) is 1. The van der Waals surface area contributed by atoms with E-state index in [-0.39, 0.29) is 0 Å². The molecule has 2 nitrogen and oxygen atoms in total. The van der Waals surface area contributed by atoms with E-state index < -0.39 is 0 Å². The van der Waals surface area contributed by atoms with E-state index in [1.54, 1.807) is 0 Å². The molecule has 1 unspecified atom stereocenters. The lowest BCUT2D eigenvalue weighted by molar-refractivity contribution is 0.130. The minimum Gasteiger partial charge on any atom is -0.380 e. The second kappa shape index (κ2) is 9.12. The molecule has 0 aliphatic rings. The van der Waals surface area contributed by atoms with Crippen LogP contribution in [0.25, 0.3) is 0 Å². The van der Waals surface area contributed by atoms with Crippen LogP contribution < -0.4 is 5.32 Å². The Balaban J connectivity index is 1.93. The number of aryl methyl sites for hydroxylation is 1. The summed E-state index contributed by atoms with van der Waals surface area (Å²) in [4.78, 5) is 0. The lowest BCUT2D eigenvalue weighted by atomic mass is 10.1. The molecule has 0 saturated carbocycles. The van der Waals surface area contributed by atoms with E-state index in [1.807, 2.05) is 0 Å². The molecule has 0 spiro atoms. The van der Waals surface area contributed by atoms with E-state index in [9.17, 15) is 0 Å². The van der Waals surface area contributed by atoms with Gasteiger partial charge in [0.2, 0.25) is 0 Å². The lowest BCUT2D eigenvalue weighted by Gasteiger charge is -2.17. The van der Waals surface area contributed by atoms with Gasteiger partial charge in [-0.2, -0.15) is 0 Å². The highest BCUT2D eigenvalue weighted by atomic mass is 16.5. The number of benzene rings is 1. The summed E-state index contributed by atoms with van der Waals surface area (Å²) in [5.74, 6) is 0.683. The zero-order chi connectivity index (χ0) is 13.2. The van der Waals surface area contributed by atoms with Gasteiger partial charge >= 0.3 is 0 Å². The standard InChI is InChI=1S/C16H27NO/c1-14(2)15(3)17-11-13-18-12-7-10-16-8-5-4-6-9-16/h4-6,8-9,14-15,17H,7,10-13H2,1-3H3. The molecule has 1 atom stereocenters. The molecule has 2 heteroatoms. The fraction of sp³-hybridized carbons (Fsp3) is 0.625. The molecule has 1 rings (SSSR count). The molecule has 18 heavy (non-hydrogen) atoms. The lowest BCUT2D eigenvalue weighted by Crippen LogP contribution is -2.33. The fourth-order valence-electron chi connectivity index (χ4n) is 1.72. The Morgan fingerprint density at radius 3 is 2.44 bits per heavy atom. The maximum atomic E-state index is 5.62. The minimum atomic E-state index is 0.568. The molecule has 0 fully saturated rings. The number of hydrogen-bond donors (Lipinski definition) is 1. The molecule has 1 N–H and O–H groups in total. The Morgan fingerprint density at radius 2 is 1.78 bits per heavy atom. The van der Waals surface area contributed by atoms with Crippen LogP contribution in [0.4, 0.5) is 0 Å². The largest absolute Gasteiger partial charge is 0.380 e. The summed E-state index contributed by atoms with van der Waals surface area (Å²) in [7, 11) is 0. The quantitative estimate of drug-likeness (QED) is 0.678. The van der Waals surface area contributed by atoms with E-state index in [4.69, 9.17) is 4.74 Å². The van der Waals surface area contributed by atoms with Crippen LogP contribution in [0.5, 0.6) is 0 Å². The zero-order valence-electron chi connectivity index (χ0n) is 12.0. The van der Waals surface area contributed by atoms with Crippen LogP contribution in [0.15, 0.2) is 30.3 Å². The van der Waals surface area contributed by atoms with E-state index in [2.05, 4.69) is 56.4 Å². The predicted octanol–water partition coefficient (Wildman–Crippen LogP) is 3.27. The predicted molar refractivity (Wildman–Crippen MR) is 77.9 cm³/mol. The molecule has 0 aliphatic carbocycles. The number of rotatable bonds is 9. The summed E-state index contributed by atoms with van der Waals surface area (Å²) < 4.78 is 5.62. The normalized spacial score (nSPS) is 12.9. The van der Waals surface area contributed by atoms with Crippen LogP contribution in [0.1, 0.15) is 32.8 Å². The topological polar surface area (TPSA) is 21.3 Å². The van der Waals surface area contributed by atoms with Crippen LogP contribution >= 0.6 is 0 Å². The third-order valence-electron chi connectivity index (χ3n) is 3.31. The van der Waals surface area contributed by atoms with Crippen molar-refractivity contribution in [2.45, 2.75) is 39.7 Å². The number of ether oxygens (including phenoxy) is 1. The minimum absolute atomic E-state index is 0.568. The highest BCUT2D eigenvalue weighted by molar-refractivity contribution is 5.14. The maximum absolute atomic E-state index is 5.62. The highest BCUT2D eigenvalue weighted by Gasteiger charge is 2.04. The second-order valence-corrected chi connectivity index (χ2v) is 5.19. The van der Waals surface area contributed by atoms with Crippen LogP contribution in [0.3, 0.4) is 0 Å². The van der Waals surface area contributed by atoms with Gasteiger partial charge in [-0.15, -0.1) is 0 Å². The van der Waals surface area contributed by atoms with Crippen LogP contribution in [0, 0.1) is 5.92 Å². The van der Waals surface area contributed by atoms with Gasteiger partial charge in [0.15, 0.2) is 0 Å². The molecule has 102 valence electrons. The first-order valence-corrected chi connectivity index (χ1v) is 7.05. The van der Waals surface area contributed by atoms with Gasteiger partial charge in [-0.1, -0.05) is 44.2 Å². The Bertz CT molecular complexity index is 297. The Morgan fingerprint density at radius 1 is 1.06 bits per heavy atom. The summed E-state index contributed by atoms with van der Waals surface area (Å²) in [5, 5.41) is 3.47. The maximum Gasteiger partial charge on any atom is 0.0591 e. The summed E-state index contributed by atoms with van der Waals surface area (Å²) in [6.07, 6.45) is 2.21. The molecule has 0 amide bonds. The molecule has 1 aromatic rings. The third-order valence-corrected chi connectivity index (χ3v) is 3.31. The number of hydrogen-bond acceptors (Lipinski definition) is 2. The van der Waals surface area contributed by atoms with Gasteiger partial charge in [-0.3, -0.25) is 0 Å². The molecule has 0 bridgehead atoms. The molecule has 0 aromatic heterocycles. The van der Waals surface area contributed by atoms with Crippen molar-refractivity contribution in [1.82, 2.24) is 5.32 Å². The average molecular weight is 249 g/mol. The van der Waals surface area contributed by atoms with Gasteiger partial charge in [0, 0.05) is 19.2 Å². The summed E-state index contributed by atoms with van der Waals surface area (Å²) in [6.45, 7) is 9.31. The van der Waals surface area contributed by atoms with Gasteiger partial charge in [0.05, 0.1) is 6.61 Å². The second-order valence-electron chi connectivity index (χ2n) is 5.19. The van der Waals surface area contributed by atoms with Gasteiger partial charge in [0.25, 0.3) is 0 Å². The summed E-state index contributed by atoms with van der Waals surface area (Å²) >= 11 is 0. The average Bonchev–Trinajstić information content (AvgIpc) is 2.38. The summed E-state index contributed by atoms with van der Waals surface area (Å²) in [5.41, 5.74) is 1.40. The van der Waals surface area contributed by atoms with E-state index in [0.717, 1.165) is 32.6 Å². The van der Waals surface area contributed by atoms with Crippen molar-refractivity contribution in [2.24, 2.45) is 5.92 Å². The van der Waals surface area contributed by atoms with Gasteiger partial charge in [-0.25, -0.2) is 0 Å². The van der Waals surface area contributed by atoms with Crippen molar-refractivity contribution in [1.29, 1.82) is 0 Å². The summed E-state index contributed by atoms with van der Waals surface area (Å²) in [6, 6.07) is 11.2.